The van der Waals surface area contributed by atoms with Gasteiger partial charge in [-0.2, -0.15) is 0 Å². The molecule has 2 aliphatic rings. The zero-order valence-corrected chi connectivity index (χ0v) is 9.80. The van der Waals surface area contributed by atoms with Crippen LogP contribution in [-0.4, -0.2) is 31.7 Å². The first-order valence-electron chi connectivity index (χ1n) is 6.13. The van der Waals surface area contributed by atoms with E-state index in [9.17, 15) is 9.59 Å². The molecule has 1 aliphatic carbocycles. The second-order valence-corrected chi connectivity index (χ2v) is 5.02. The molecule has 96 valence electrons. The lowest BCUT2D eigenvalue weighted by Gasteiger charge is -2.22. The van der Waals surface area contributed by atoms with Crippen LogP contribution in [0.4, 0.5) is 0 Å². The zero-order chi connectivity index (χ0) is 12.9. The quantitative estimate of drug-likeness (QED) is 0.838. The summed E-state index contributed by atoms with van der Waals surface area (Å²) >= 11 is 0. The van der Waals surface area contributed by atoms with Crippen LogP contribution in [0.2, 0.25) is 0 Å². The smallest absolute Gasteiger partial charge is 0.356 e. The molecule has 1 atom stereocenters. The van der Waals surface area contributed by atoms with Gasteiger partial charge in [0.05, 0.1) is 11.6 Å². The minimum atomic E-state index is -1.06. The summed E-state index contributed by atoms with van der Waals surface area (Å²) in [6.07, 6.45) is 2.93. The van der Waals surface area contributed by atoms with E-state index >= 15 is 0 Å². The predicted molar refractivity (Wildman–Crippen MR) is 60.6 cm³/mol. The average molecular weight is 250 g/mol. The molecule has 2 N–H and O–H groups in total. The number of imidazole rings is 1. The van der Waals surface area contributed by atoms with Crippen molar-refractivity contribution >= 4 is 11.9 Å². The van der Waals surface area contributed by atoms with Gasteiger partial charge in [-0.05, 0) is 19.3 Å². The molecule has 0 radical (unpaired) electrons. The third-order valence-electron chi connectivity index (χ3n) is 3.74. The summed E-state index contributed by atoms with van der Waals surface area (Å²) in [6, 6.07) is 0. The van der Waals surface area contributed by atoms with E-state index in [0.29, 0.717) is 24.6 Å². The van der Waals surface area contributed by atoms with Crippen LogP contribution in [0.3, 0.4) is 0 Å². The number of hydrogen-bond acceptors (Lipinski definition) is 3. The van der Waals surface area contributed by atoms with Crippen LogP contribution in [0.15, 0.2) is 0 Å². The van der Waals surface area contributed by atoms with E-state index in [1.54, 1.807) is 0 Å². The van der Waals surface area contributed by atoms with Gasteiger partial charge in [0.2, 0.25) is 0 Å². The van der Waals surface area contributed by atoms with E-state index in [4.69, 9.17) is 10.2 Å². The number of aromatic nitrogens is 2. The summed E-state index contributed by atoms with van der Waals surface area (Å²) in [4.78, 5) is 26.4. The van der Waals surface area contributed by atoms with Gasteiger partial charge in [0.15, 0.2) is 5.69 Å². The monoisotopic (exact) mass is 250 g/mol. The molecule has 1 aromatic rings. The van der Waals surface area contributed by atoms with Gasteiger partial charge in [-0.15, -0.1) is 0 Å². The number of nitrogens with zero attached hydrogens (tertiary/aromatic N) is 2. The summed E-state index contributed by atoms with van der Waals surface area (Å²) < 4.78 is 1.93. The highest BCUT2D eigenvalue weighted by molar-refractivity contribution is 5.87. The van der Waals surface area contributed by atoms with Gasteiger partial charge in [-0.25, -0.2) is 9.78 Å². The maximum absolute atomic E-state index is 11.2. The number of hydrogen-bond donors (Lipinski definition) is 2. The SMILES string of the molecule is O=C(O)c1nc(C2CC2)n2c1CC(C(=O)O)CC2. The Kier molecular flexibility index (Phi) is 2.39. The molecule has 0 aromatic carbocycles. The topological polar surface area (TPSA) is 92.4 Å². The molecule has 1 aromatic heterocycles. The number of aliphatic carboxylic acids is 1. The Morgan fingerprint density at radius 3 is 2.50 bits per heavy atom. The highest BCUT2D eigenvalue weighted by Gasteiger charge is 2.36. The number of carbonyl (C=O) groups is 2. The molecule has 0 saturated heterocycles. The summed E-state index contributed by atoms with van der Waals surface area (Å²) in [7, 11) is 0. The molecule has 1 saturated carbocycles. The van der Waals surface area contributed by atoms with Gasteiger partial charge in [0.25, 0.3) is 0 Å². The van der Waals surface area contributed by atoms with Crippen molar-refractivity contribution in [3.05, 3.63) is 17.2 Å². The molecule has 6 nitrogen and oxygen atoms in total. The molecule has 0 spiro atoms. The van der Waals surface area contributed by atoms with E-state index in [0.717, 1.165) is 18.7 Å². The number of fused-ring (bicyclic) bond motifs is 1. The third kappa shape index (κ3) is 1.68. The predicted octanol–water partition coefficient (Wildman–Crippen LogP) is 1.11. The molecule has 2 heterocycles. The van der Waals surface area contributed by atoms with Gasteiger partial charge < -0.3 is 14.8 Å². The Bertz CT molecular complexity index is 530. The van der Waals surface area contributed by atoms with Crippen molar-refractivity contribution in [1.29, 1.82) is 0 Å². The highest BCUT2D eigenvalue weighted by Crippen LogP contribution is 2.41. The van der Waals surface area contributed by atoms with Crippen LogP contribution in [0.1, 0.15) is 47.2 Å². The Morgan fingerprint density at radius 1 is 1.22 bits per heavy atom. The molecule has 6 heteroatoms. The summed E-state index contributed by atoms with van der Waals surface area (Å²) in [5, 5.41) is 18.2. The molecule has 1 unspecified atom stereocenters. The Hall–Kier alpha value is -1.85. The molecule has 18 heavy (non-hydrogen) atoms. The van der Waals surface area contributed by atoms with Crippen LogP contribution >= 0.6 is 0 Å². The number of carboxylic acids is 2. The highest BCUT2D eigenvalue weighted by atomic mass is 16.4. The van der Waals surface area contributed by atoms with Crippen molar-refractivity contribution in [2.24, 2.45) is 5.92 Å². The van der Waals surface area contributed by atoms with E-state index in [1.165, 1.54) is 0 Å². The minimum Gasteiger partial charge on any atom is -0.481 e. The molecule has 1 aliphatic heterocycles. The van der Waals surface area contributed by atoms with Crippen molar-refractivity contribution in [3.63, 3.8) is 0 Å². The Labute approximate surface area is 103 Å². The lowest BCUT2D eigenvalue weighted by atomic mass is 9.95. The van der Waals surface area contributed by atoms with Crippen molar-refractivity contribution < 1.29 is 19.8 Å². The molecular formula is C12H14N2O4. The van der Waals surface area contributed by atoms with Gasteiger partial charge >= 0.3 is 11.9 Å². The maximum Gasteiger partial charge on any atom is 0.356 e. The Morgan fingerprint density at radius 2 is 1.94 bits per heavy atom. The lowest BCUT2D eigenvalue weighted by molar-refractivity contribution is -0.142. The number of aromatic carboxylic acids is 1. The zero-order valence-electron chi connectivity index (χ0n) is 9.80. The molecule has 0 bridgehead atoms. The van der Waals surface area contributed by atoms with E-state index in [2.05, 4.69) is 4.98 Å². The summed E-state index contributed by atoms with van der Waals surface area (Å²) in [5.74, 6) is -1.19. The van der Waals surface area contributed by atoms with Gasteiger partial charge in [-0.3, -0.25) is 4.79 Å². The molecule has 3 rings (SSSR count). The van der Waals surface area contributed by atoms with Crippen molar-refractivity contribution in [2.45, 2.75) is 38.1 Å². The van der Waals surface area contributed by atoms with Crippen molar-refractivity contribution in [2.75, 3.05) is 0 Å². The fraction of sp³-hybridized carbons (Fsp3) is 0.583. The molecule has 0 amide bonds. The first kappa shape index (κ1) is 11.3. The van der Waals surface area contributed by atoms with Crippen molar-refractivity contribution in [1.82, 2.24) is 9.55 Å². The van der Waals surface area contributed by atoms with Gasteiger partial charge in [-0.1, -0.05) is 0 Å². The largest absolute Gasteiger partial charge is 0.481 e. The number of carboxylic acid groups (broad SMARTS) is 2. The van der Waals surface area contributed by atoms with Crippen LogP contribution in [0, 0.1) is 5.92 Å². The third-order valence-corrected chi connectivity index (χ3v) is 3.74. The van der Waals surface area contributed by atoms with Gasteiger partial charge in [0, 0.05) is 18.9 Å². The number of rotatable bonds is 3. The fourth-order valence-corrected chi connectivity index (χ4v) is 2.62. The van der Waals surface area contributed by atoms with Gasteiger partial charge in [0.1, 0.15) is 5.82 Å². The lowest BCUT2D eigenvalue weighted by Crippen LogP contribution is -2.27. The fourth-order valence-electron chi connectivity index (χ4n) is 2.62. The van der Waals surface area contributed by atoms with Crippen LogP contribution in [-0.2, 0) is 17.8 Å². The van der Waals surface area contributed by atoms with Crippen molar-refractivity contribution in [3.8, 4) is 0 Å². The summed E-state index contributed by atoms with van der Waals surface area (Å²) in [5.41, 5.74) is 0.630. The minimum absolute atomic E-state index is 0.0443. The normalized spacial score (nSPS) is 22.6. The standard InChI is InChI=1S/C12H14N2O4/c15-11(16)7-3-4-14-8(5-7)9(12(17)18)13-10(14)6-1-2-6/h6-7H,1-5H2,(H,15,16)(H,17,18). The second-order valence-electron chi connectivity index (χ2n) is 5.02. The maximum atomic E-state index is 11.2. The van der Waals surface area contributed by atoms with E-state index < -0.39 is 17.9 Å². The van der Waals surface area contributed by atoms with E-state index in [1.807, 2.05) is 4.57 Å². The average Bonchev–Trinajstić information content (AvgIpc) is 3.09. The van der Waals surface area contributed by atoms with Crippen LogP contribution in [0.5, 0.6) is 0 Å². The first-order valence-corrected chi connectivity index (χ1v) is 6.13. The first-order chi connectivity index (χ1) is 8.58. The molecule has 1 fully saturated rings. The second kappa shape index (κ2) is 3.83. The Balaban J connectivity index is 2.03. The van der Waals surface area contributed by atoms with Crippen LogP contribution in [0.25, 0.3) is 0 Å². The van der Waals surface area contributed by atoms with Crippen LogP contribution < -0.4 is 0 Å². The molecular weight excluding hydrogens is 236 g/mol. The van der Waals surface area contributed by atoms with E-state index in [-0.39, 0.29) is 12.1 Å². The summed E-state index contributed by atoms with van der Waals surface area (Å²) in [6.45, 7) is 0.568.